The molecule has 0 unspecified atom stereocenters. The number of imidazole rings is 1. The maximum absolute atomic E-state index is 13.9. The Labute approximate surface area is 273 Å². The highest BCUT2D eigenvalue weighted by Crippen LogP contribution is 2.41. The van der Waals surface area contributed by atoms with E-state index in [0.717, 1.165) is 22.8 Å². The molecule has 6 rings (SSSR count). The van der Waals surface area contributed by atoms with Crippen molar-refractivity contribution < 1.29 is 27.9 Å². The number of anilines is 1. The van der Waals surface area contributed by atoms with E-state index < -0.39 is 28.4 Å². The van der Waals surface area contributed by atoms with E-state index in [1.807, 2.05) is 36.4 Å². The quantitative estimate of drug-likeness (QED) is 0.290. The molecule has 0 bridgehead atoms. The first kappa shape index (κ1) is 32.4. The Morgan fingerprint density at radius 2 is 1.66 bits per heavy atom. The van der Waals surface area contributed by atoms with Crippen LogP contribution in [0.5, 0.6) is 5.75 Å². The largest absolute Gasteiger partial charge is 0.506 e. The van der Waals surface area contributed by atoms with Gasteiger partial charge < -0.3 is 24.8 Å². The molecule has 0 aliphatic carbocycles. The fourth-order valence-electron chi connectivity index (χ4n) is 6.67. The number of piperazine rings is 1. The summed E-state index contributed by atoms with van der Waals surface area (Å²) in [6.45, 7) is 2.57. The molecule has 2 fully saturated rings. The second-order valence-corrected chi connectivity index (χ2v) is 12.4. The first-order valence-corrected chi connectivity index (χ1v) is 15.9. The topological polar surface area (TPSA) is 115 Å². The molecule has 2 aromatic carbocycles. The number of nitrogens with one attached hydrogen (secondary N) is 1. The van der Waals surface area contributed by atoms with E-state index in [4.69, 9.17) is 11.6 Å². The molecule has 2 N–H and O–H groups in total. The number of phenols is 1. The fourth-order valence-corrected chi connectivity index (χ4v) is 6.91. The normalized spacial score (nSPS) is 16.9. The zero-order valence-corrected chi connectivity index (χ0v) is 26.2. The van der Waals surface area contributed by atoms with Gasteiger partial charge in [-0.2, -0.15) is 13.2 Å². The number of H-pyrrole nitrogens is 1. The van der Waals surface area contributed by atoms with Crippen molar-refractivity contribution >= 4 is 40.1 Å². The van der Waals surface area contributed by atoms with Crippen LogP contribution >= 0.6 is 11.6 Å². The van der Waals surface area contributed by atoms with E-state index in [9.17, 15) is 32.7 Å². The Morgan fingerprint density at radius 1 is 0.979 bits per heavy atom. The number of fused-ring (bicyclic) bond motifs is 1. The minimum atomic E-state index is -4.86. The molecule has 2 aliphatic heterocycles. The molecular weight excluding hydrogens is 637 g/mol. The lowest BCUT2D eigenvalue weighted by molar-refractivity contribution is -0.142. The van der Waals surface area contributed by atoms with Crippen molar-refractivity contribution in [3.63, 3.8) is 0 Å². The second kappa shape index (κ2) is 13.3. The van der Waals surface area contributed by atoms with E-state index in [2.05, 4.69) is 14.9 Å². The van der Waals surface area contributed by atoms with Gasteiger partial charge in [0.1, 0.15) is 5.75 Å². The van der Waals surface area contributed by atoms with Crippen molar-refractivity contribution in [2.45, 2.75) is 37.9 Å². The standard InChI is InChI=1S/C33H34ClF3N6O4/c34-26-19-21(18-25(30(26)45)33(35,36)37)17-22(31(46)42-15-13-40(14-16-42)23-5-9-38-10-6-23)20-29(44)41-11-7-24(8-12-41)43-28-4-2-1-3-27(28)39-32(43)47/h1-6,9-10,18-19,22,24,45H,7-8,11-17,20H2,(H,39,47)/t22-/m0/s1. The summed E-state index contributed by atoms with van der Waals surface area (Å²) in [7, 11) is 0. The number of aromatic amines is 1. The minimum absolute atomic E-state index is 0.0964. The third-order valence-corrected chi connectivity index (χ3v) is 9.39. The van der Waals surface area contributed by atoms with Gasteiger partial charge in [-0.3, -0.25) is 19.1 Å². The predicted octanol–water partition coefficient (Wildman–Crippen LogP) is 4.86. The number of rotatable bonds is 7. The number of nitrogens with zero attached hydrogens (tertiary/aromatic N) is 5. The summed E-state index contributed by atoms with van der Waals surface area (Å²) in [5.74, 6) is -2.65. The van der Waals surface area contributed by atoms with Crippen LogP contribution in [0.3, 0.4) is 0 Å². The van der Waals surface area contributed by atoms with Gasteiger partial charge in [0, 0.05) is 69.8 Å². The second-order valence-electron chi connectivity index (χ2n) is 12.0. The number of amides is 2. The highest BCUT2D eigenvalue weighted by atomic mass is 35.5. The number of piperidine rings is 1. The van der Waals surface area contributed by atoms with Crippen molar-refractivity contribution in [2.24, 2.45) is 5.92 Å². The smallest absolute Gasteiger partial charge is 0.420 e. The number of halogens is 4. The summed E-state index contributed by atoms with van der Waals surface area (Å²) in [4.78, 5) is 52.7. The van der Waals surface area contributed by atoms with Gasteiger partial charge in [0.2, 0.25) is 11.8 Å². The number of likely N-dealkylation sites (tertiary alicyclic amines) is 1. The molecule has 14 heteroatoms. The van der Waals surface area contributed by atoms with Crippen molar-refractivity contribution in [2.75, 3.05) is 44.2 Å². The maximum atomic E-state index is 13.9. The van der Waals surface area contributed by atoms with E-state index in [1.54, 1.807) is 26.8 Å². The zero-order valence-electron chi connectivity index (χ0n) is 25.4. The summed E-state index contributed by atoms with van der Waals surface area (Å²) in [6.07, 6.45) is -0.792. The number of carbonyl (C=O) groups is 2. The van der Waals surface area contributed by atoms with Gasteiger partial charge in [-0.05, 0) is 61.2 Å². The Kier molecular flexibility index (Phi) is 9.18. The number of carbonyl (C=O) groups excluding carboxylic acids is 2. The molecule has 0 spiro atoms. The molecule has 1 atom stereocenters. The Balaban J connectivity index is 1.18. The molecule has 2 amide bonds. The van der Waals surface area contributed by atoms with Gasteiger partial charge in [-0.15, -0.1) is 0 Å². The molecule has 4 aromatic rings. The molecular formula is C33H34ClF3N6O4. The van der Waals surface area contributed by atoms with Crippen molar-refractivity contribution in [3.05, 3.63) is 87.6 Å². The summed E-state index contributed by atoms with van der Waals surface area (Å²) < 4.78 is 42.8. The number of aromatic hydroxyl groups is 1. The van der Waals surface area contributed by atoms with E-state index >= 15 is 0 Å². The third-order valence-electron chi connectivity index (χ3n) is 9.11. The third kappa shape index (κ3) is 6.95. The van der Waals surface area contributed by atoms with Gasteiger partial charge in [0.25, 0.3) is 0 Å². The average molecular weight is 671 g/mol. The summed E-state index contributed by atoms with van der Waals surface area (Å²) >= 11 is 5.98. The van der Waals surface area contributed by atoms with Crippen LogP contribution in [0.2, 0.25) is 5.02 Å². The monoisotopic (exact) mass is 670 g/mol. The molecule has 2 saturated heterocycles. The molecule has 4 heterocycles. The van der Waals surface area contributed by atoms with Gasteiger partial charge in [-0.25, -0.2) is 4.79 Å². The Bertz CT molecular complexity index is 1810. The number of benzene rings is 2. The molecule has 2 aromatic heterocycles. The van der Waals surface area contributed by atoms with Crippen LogP contribution in [0.1, 0.15) is 36.4 Å². The lowest BCUT2D eigenvalue weighted by Crippen LogP contribution is -2.51. The van der Waals surface area contributed by atoms with Crippen molar-refractivity contribution in [3.8, 4) is 5.75 Å². The number of para-hydroxylation sites is 2. The summed E-state index contributed by atoms with van der Waals surface area (Å²) in [5, 5.41) is 9.51. The SMILES string of the molecule is O=C(C[C@H](Cc1cc(Cl)c(O)c(C(F)(F)F)c1)C(=O)N1CCN(c2ccncc2)CC1)N1CCC(n2c(=O)[nH]c3ccccc32)CC1. The first-order chi connectivity index (χ1) is 22.5. The number of pyridine rings is 1. The molecule has 10 nitrogen and oxygen atoms in total. The van der Waals surface area contributed by atoms with Crippen LogP contribution in [0.15, 0.2) is 65.7 Å². The maximum Gasteiger partial charge on any atom is 0.420 e. The van der Waals surface area contributed by atoms with Crippen LogP contribution in [-0.4, -0.2) is 80.5 Å². The Hall–Kier alpha value is -4.52. The predicted molar refractivity (Wildman–Crippen MR) is 170 cm³/mol. The number of aromatic nitrogens is 3. The lowest BCUT2D eigenvalue weighted by atomic mass is 9.92. The van der Waals surface area contributed by atoms with Gasteiger partial charge in [0.05, 0.1) is 27.5 Å². The minimum Gasteiger partial charge on any atom is -0.506 e. The molecule has 0 saturated carbocycles. The fraction of sp³-hybridized carbons (Fsp3) is 0.394. The van der Waals surface area contributed by atoms with Gasteiger partial charge >= 0.3 is 11.9 Å². The molecule has 47 heavy (non-hydrogen) atoms. The Morgan fingerprint density at radius 3 is 2.34 bits per heavy atom. The van der Waals surface area contributed by atoms with Crippen molar-refractivity contribution in [1.29, 1.82) is 0 Å². The first-order valence-electron chi connectivity index (χ1n) is 15.5. The molecule has 2 aliphatic rings. The highest BCUT2D eigenvalue weighted by molar-refractivity contribution is 6.32. The number of alkyl halides is 3. The number of phenolic OH excluding ortho intramolecular Hbond substituents is 1. The van der Waals surface area contributed by atoms with Crippen LogP contribution in [0.4, 0.5) is 18.9 Å². The van der Waals surface area contributed by atoms with E-state index in [1.165, 1.54) is 6.07 Å². The zero-order chi connectivity index (χ0) is 33.3. The van der Waals surface area contributed by atoms with Crippen LogP contribution < -0.4 is 10.6 Å². The van der Waals surface area contributed by atoms with Crippen LogP contribution in [-0.2, 0) is 22.2 Å². The van der Waals surface area contributed by atoms with Crippen molar-refractivity contribution in [1.82, 2.24) is 24.3 Å². The highest BCUT2D eigenvalue weighted by Gasteiger charge is 2.37. The van der Waals surface area contributed by atoms with E-state index in [0.29, 0.717) is 52.1 Å². The summed E-state index contributed by atoms with van der Waals surface area (Å²) in [5.41, 5.74) is 1.09. The molecule has 248 valence electrons. The van der Waals surface area contributed by atoms with Crippen LogP contribution in [0, 0.1) is 5.92 Å². The number of hydrogen-bond donors (Lipinski definition) is 2. The van der Waals surface area contributed by atoms with Crippen LogP contribution in [0.25, 0.3) is 11.0 Å². The van der Waals surface area contributed by atoms with E-state index in [-0.39, 0.29) is 42.0 Å². The number of hydrogen-bond acceptors (Lipinski definition) is 6. The van der Waals surface area contributed by atoms with Gasteiger partial charge in [-0.1, -0.05) is 23.7 Å². The summed E-state index contributed by atoms with van der Waals surface area (Å²) in [6, 6.07) is 13.1. The molecule has 0 radical (unpaired) electrons. The van der Waals surface area contributed by atoms with Gasteiger partial charge in [0.15, 0.2) is 0 Å². The average Bonchev–Trinajstić information content (AvgIpc) is 3.41. The lowest BCUT2D eigenvalue weighted by Gasteiger charge is -2.38.